The van der Waals surface area contributed by atoms with Crippen LogP contribution in [0.4, 0.5) is 0 Å². The van der Waals surface area contributed by atoms with E-state index in [1.807, 2.05) is 30.3 Å². The van der Waals surface area contributed by atoms with Crippen molar-refractivity contribution < 1.29 is 23.4 Å². The van der Waals surface area contributed by atoms with Gasteiger partial charge in [0.15, 0.2) is 8.32 Å². The van der Waals surface area contributed by atoms with Crippen LogP contribution in [0.5, 0.6) is 5.75 Å². The van der Waals surface area contributed by atoms with E-state index in [0.717, 1.165) is 30.8 Å². The zero-order valence-electron chi connectivity index (χ0n) is 21.4. The molecule has 0 spiro atoms. The Bertz CT molecular complexity index is 676. The average Bonchev–Trinajstić information content (AvgIpc) is 2.74. The van der Waals surface area contributed by atoms with Crippen molar-refractivity contribution in [2.45, 2.75) is 77.5 Å². The van der Waals surface area contributed by atoms with E-state index in [9.17, 15) is 0 Å². The van der Waals surface area contributed by atoms with Gasteiger partial charge in [0.1, 0.15) is 12.5 Å². The van der Waals surface area contributed by atoms with Crippen LogP contribution in [0.3, 0.4) is 0 Å². The Kier molecular flexibility index (Phi) is 13.1. The largest absolute Gasteiger partial charge is 0.497 e. The maximum absolute atomic E-state index is 6.20. The van der Waals surface area contributed by atoms with Crippen LogP contribution in [0.25, 0.3) is 0 Å². The second-order valence-corrected chi connectivity index (χ2v) is 14.3. The van der Waals surface area contributed by atoms with Gasteiger partial charge in [-0.1, -0.05) is 57.2 Å². The highest BCUT2D eigenvalue weighted by Gasteiger charge is 2.36. The number of allylic oxidation sites excluding steroid dienone is 2. The Morgan fingerprint density at radius 2 is 1.69 bits per heavy atom. The first kappa shape index (κ1) is 28.6. The zero-order valence-corrected chi connectivity index (χ0v) is 22.4. The third-order valence-corrected chi connectivity index (χ3v) is 10.3. The standard InChI is InChI=1S/C26H44O5Si/c1-22(29-20-23-14-16-24(28-6)17-15-23)19-25(30-21-27-5)13-11-9-10-12-18-31-32(7,8)26(2,3)4/h9-11,13-17,22,25H,12,18-21H2,1-8H3/b10-9+,13-11+/t22-,25-/m1/s1. The maximum atomic E-state index is 6.20. The summed E-state index contributed by atoms with van der Waals surface area (Å²) < 4.78 is 28.3. The lowest BCUT2D eigenvalue weighted by Crippen LogP contribution is -2.40. The minimum atomic E-state index is -1.67. The molecule has 2 atom stereocenters. The lowest BCUT2D eigenvalue weighted by atomic mass is 10.1. The predicted octanol–water partition coefficient (Wildman–Crippen LogP) is 6.50. The summed E-state index contributed by atoms with van der Waals surface area (Å²) in [7, 11) is 1.63. The van der Waals surface area contributed by atoms with Crippen LogP contribution in [0.2, 0.25) is 18.1 Å². The van der Waals surface area contributed by atoms with Crippen molar-refractivity contribution in [3.8, 4) is 5.75 Å². The van der Waals surface area contributed by atoms with E-state index in [1.165, 1.54) is 0 Å². The average molecular weight is 465 g/mol. The summed E-state index contributed by atoms with van der Waals surface area (Å²) in [5.41, 5.74) is 1.12. The van der Waals surface area contributed by atoms with E-state index in [1.54, 1.807) is 14.2 Å². The zero-order chi connectivity index (χ0) is 24.0. The second kappa shape index (κ2) is 14.7. The van der Waals surface area contributed by atoms with Crippen molar-refractivity contribution in [3.05, 3.63) is 54.1 Å². The SMILES string of the molecule is COCO[C@H](/C=C/C=C/CCO[Si](C)(C)C(C)(C)C)C[C@@H](C)OCc1ccc(OC)cc1. The van der Waals surface area contributed by atoms with Crippen LogP contribution in [-0.4, -0.2) is 48.1 Å². The van der Waals surface area contributed by atoms with Crippen molar-refractivity contribution >= 4 is 8.32 Å². The molecule has 1 aromatic carbocycles. The quantitative estimate of drug-likeness (QED) is 0.128. The fourth-order valence-electron chi connectivity index (χ4n) is 2.67. The van der Waals surface area contributed by atoms with E-state index in [0.29, 0.717) is 6.61 Å². The Morgan fingerprint density at radius 3 is 2.28 bits per heavy atom. The van der Waals surface area contributed by atoms with E-state index >= 15 is 0 Å². The molecule has 0 aliphatic heterocycles. The summed E-state index contributed by atoms with van der Waals surface area (Å²) in [5, 5.41) is 0.245. The molecule has 1 aromatic rings. The van der Waals surface area contributed by atoms with Crippen molar-refractivity contribution in [1.82, 2.24) is 0 Å². The number of benzene rings is 1. The molecular formula is C26H44O5Si. The Hall–Kier alpha value is -1.44. The number of methoxy groups -OCH3 is 2. The first-order valence-electron chi connectivity index (χ1n) is 11.4. The highest BCUT2D eigenvalue weighted by atomic mass is 28.4. The number of hydrogen-bond acceptors (Lipinski definition) is 5. The highest BCUT2D eigenvalue weighted by Crippen LogP contribution is 2.36. The molecule has 182 valence electrons. The summed E-state index contributed by atoms with van der Waals surface area (Å²) in [6.07, 6.45) is 9.90. The van der Waals surface area contributed by atoms with Crippen molar-refractivity contribution in [2.24, 2.45) is 0 Å². The minimum absolute atomic E-state index is 0.0468. The van der Waals surface area contributed by atoms with Gasteiger partial charge in [0.25, 0.3) is 0 Å². The van der Waals surface area contributed by atoms with E-state index in [4.69, 9.17) is 23.4 Å². The van der Waals surface area contributed by atoms with Gasteiger partial charge in [0.05, 0.1) is 25.9 Å². The van der Waals surface area contributed by atoms with Crippen LogP contribution in [-0.2, 0) is 25.2 Å². The lowest BCUT2D eigenvalue weighted by molar-refractivity contribution is -0.0737. The Labute approximate surface area is 196 Å². The topological polar surface area (TPSA) is 46.2 Å². The minimum Gasteiger partial charge on any atom is -0.497 e. The highest BCUT2D eigenvalue weighted by molar-refractivity contribution is 6.74. The first-order valence-corrected chi connectivity index (χ1v) is 14.3. The predicted molar refractivity (Wildman–Crippen MR) is 135 cm³/mol. The monoisotopic (exact) mass is 464 g/mol. The normalized spacial score (nSPS) is 14.9. The van der Waals surface area contributed by atoms with E-state index < -0.39 is 8.32 Å². The summed E-state index contributed by atoms with van der Waals surface area (Å²) in [6, 6.07) is 7.93. The molecule has 0 unspecified atom stereocenters. The molecule has 32 heavy (non-hydrogen) atoms. The number of ether oxygens (including phenoxy) is 4. The fourth-order valence-corrected chi connectivity index (χ4v) is 3.74. The molecule has 0 saturated heterocycles. The van der Waals surface area contributed by atoms with Crippen LogP contribution in [0.1, 0.15) is 46.1 Å². The molecular weight excluding hydrogens is 420 g/mol. The van der Waals surface area contributed by atoms with Gasteiger partial charge in [-0.2, -0.15) is 0 Å². The van der Waals surface area contributed by atoms with Gasteiger partial charge >= 0.3 is 0 Å². The summed E-state index contributed by atoms with van der Waals surface area (Å²) in [5.74, 6) is 0.847. The summed E-state index contributed by atoms with van der Waals surface area (Å²) >= 11 is 0. The molecule has 0 bridgehead atoms. The fraction of sp³-hybridized carbons (Fsp3) is 0.615. The van der Waals surface area contributed by atoms with Gasteiger partial charge in [-0.25, -0.2) is 0 Å². The Balaban J connectivity index is 2.44. The van der Waals surface area contributed by atoms with Crippen LogP contribution in [0.15, 0.2) is 48.6 Å². The molecule has 0 saturated carbocycles. The van der Waals surface area contributed by atoms with Crippen LogP contribution in [0, 0.1) is 0 Å². The second-order valence-electron chi connectivity index (χ2n) is 9.53. The third-order valence-electron chi connectivity index (χ3n) is 5.78. The number of rotatable bonds is 15. The third kappa shape index (κ3) is 11.4. The smallest absolute Gasteiger partial charge is 0.191 e. The van der Waals surface area contributed by atoms with Gasteiger partial charge < -0.3 is 23.4 Å². The number of hydrogen-bond donors (Lipinski definition) is 0. The molecule has 0 aliphatic rings. The molecule has 0 aromatic heterocycles. The molecule has 5 nitrogen and oxygen atoms in total. The van der Waals surface area contributed by atoms with Crippen LogP contribution >= 0.6 is 0 Å². The molecule has 0 N–H and O–H groups in total. The molecule has 0 aliphatic carbocycles. The Morgan fingerprint density at radius 1 is 1.00 bits per heavy atom. The van der Waals surface area contributed by atoms with Gasteiger partial charge in [-0.3, -0.25) is 0 Å². The maximum Gasteiger partial charge on any atom is 0.191 e. The molecule has 6 heteroatoms. The van der Waals surface area contributed by atoms with Gasteiger partial charge in [-0.15, -0.1) is 0 Å². The summed E-state index contributed by atoms with van der Waals surface area (Å²) in [6.45, 7) is 15.0. The van der Waals surface area contributed by atoms with E-state index in [2.05, 4.69) is 59.0 Å². The van der Waals surface area contributed by atoms with E-state index in [-0.39, 0.29) is 24.0 Å². The molecule has 0 fully saturated rings. The van der Waals surface area contributed by atoms with Crippen molar-refractivity contribution in [1.29, 1.82) is 0 Å². The molecule has 0 heterocycles. The lowest BCUT2D eigenvalue weighted by Gasteiger charge is -2.36. The van der Waals surface area contributed by atoms with Gasteiger partial charge in [0.2, 0.25) is 0 Å². The van der Waals surface area contributed by atoms with Gasteiger partial charge in [-0.05, 0) is 49.2 Å². The molecule has 0 amide bonds. The van der Waals surface area contributed by atoms with Crippen molar-refractivity contribution in [3.63, 3.8) is 0 Å². The molecule has 0 radical (unpaired) electrons. The van der Waals surface area contributed by atoms with Gasteiger partial charge in [0, 0.05) is 20.1 Å². The van der Waals surface area contributed by atoms with Crippen LogP contribution < -0.4 is 4.74 Å². The summed E-state index contributed by atoms with van der Waals surface area (Å²) in [4.78, 5) is 0. The molecule has 1 rings (SSSR count). The van der Waals surface area contributed by atoms with Crippen molar-refractivity contribution in [2.75, 3.05) is 27.6 Å². The first-order chi connectivity index (χ1) is 15.1.